The second-order valence-electron chi connectivity index (χ2n) is 8.59. The molecule has 3 aromatic rings. The van der Waals surface area contributed by atoms with Gasteiger partial charge in [0, 0.05) is 32.3 Å². The van der Waals surface area contributed by atoms with Crippen molar-refractivity contribution < 1.29 is 19.2 Å². The van der Waals surface area contributed by atoms with Crippen LogP contribution in [0.2, 0.25) is 5.02 Å². The summed E-state index contributed by atoms with van der Waals surface area (Å²) in [5.41, 5.74) is 4.58. The molecule has 0 saturated heterocycles. The number of hydrogen-bond acceptors (Lipinski definition) is 7. The van der Waals surface area contributed by atoms with Gasteiger partial charge in [-0.25, -0.2) is 0 Å². The Kier molecular flexibility index (Phi) is 8.41. The highest BCUT2D eigenvalue weighted by Crippen LogP contribution is 2.31. The molecule has 0 radical (unpaired) electrons. The molecule has 12 heteroatoms. The van der Waals surface area contributed by atoms with Gasteiger partial charge in [-0.05, 0) is 84.6 Å². The maximum Gasteiger partial charge on any atom is 0.257 e. The van der Waals surface area contributed by atoms with E-state index in [-0.39, 0.29) is 37.7 Å². The van der Waals surface area contributed by atoms with E-state index in [2.05, 4.69) is 21.2 Å². The number of Topliss-reactive ketones (excluding diaryl/α,β-unsaturated/α-hetero) is 1. The summed E-state index contributed by atoms with van der Waals surface area (Å²) in [5, 5.41) is 10.8. The van der Waals surface area contributed by atoms with E-state index in [1.54, 1.807) is 48.5 Å². The van der Waals surface area contributed by atoms with Crippen LogP contribution in [0.5, 0.6) is 0 Å². The Morgan fingerprint density at radius 1 is 0.756 bits per heavy atom. The highest BCUT2D eigenvalue weighted by Gasteiger charge is 2.26. The first-order valence-corrected chi connectivity index (χ1v) is 13.8. The van der Waals surface area contributed by atoms with Gasteiger partial charge in [-0.3, -0.25) is 29.9 Å². The number of hydrogen-bond donors (Lipinski definition) is 3. The molecule has 1 aliphatic carbocycles. The molecule has 8 nitrogen and oxygen atoms in total. The molecule has 0 bridgehead atoms. The summed E-state index contributed by atoms with van der Waals surface area (Å²) in [6.07, 6.45) is 2.81. The van der Waals surface area contributed by atoms with Crippen LogP contribution >= 0.6 is 46.6 Å². The summed E-state index contributed by atoms with van der Waals surface area (Å²) < 4.78 is 0. The lowest BCUT2D eigenvalue weighted by molar-refractivity contribution is -0.111. The highest BCUT2D eigenvalue weighted by atomic mass is 35.5. The number of carbonyl (C=O) groups is 4. The number of anilines is 1. The lowest BCUT2D eigenvalue weighted by Crippen LogP contribution is -2.27. The van der Waals surface area contributed by atoms with Crippen LogP contribution < -0.4 is 16.1 Å². The van der Waals surface area contributed by atoms with Crippen LogP contribution in [0.1, 0.15) is 36.6 Å². The molecule has 3 aromatic carbocycles. The summed E-state index contributed by atoms with van der Waals surface area (Å²) in [7, 11) is 0. The Morgan fingerprint density at radius 2 is 1.37 bits per heavy atom. The SMILES string of the molecule is O=C1C(Cl)=CC(Cl)=C/C1=C1\NN=C(NC(=O)c2ccc(C(=O)Nc3ccccc3C(=O)c3ccc(Cl)cc3)cc2)S1. The zero-order chi connectivity index (χ0) is 29.1. The fourth-order valence-corrected chi connectivity index (χ4v) is 5.23. The van der Waals surface area contributed by atoms with Crippen LogP contribution in [0.4, 0.5) is 5.69 Å². The third kappa shape index (κ3) is 6.44. The highest BCUT2D eigenvalue weighted by molar-refractivity contribution is 8.17. The van der Waals surface area contributed by atoms with Crippen molar-refractivity contribution in [1.29, 1.82) is 0 Å². The van der Waals surface area contributed by atoms with Crippen LogP contribution in [0.3, 0.4) is 0 Å². The van der Waals surface area contributed by atoms with Crippen molar-refractivity contribution in [2.24, 2.45) is 5.10 Å². The molecule has 1 heterocycles. The third-order valence-electron chi connectivity index (χ3n) is 5.87. The van der Waals surface area contributed by atoms with Gasteiger partial charge in [0.25, 0.3) is 11.8 Å². The summed E-state index contributed by atoms with van der Waals surface area (Å²) in [5.74, 6) is -1.62. The minimum absolute atomic E-state index is 0.0272. The number of para-hydroxylation sites is 1. The lowest BCUT2D eigenvalue weighted by Gasteiger charge is -2.11. The molecule has 0 spiro atoms. The van der Waals surface area contributed by atoms with Crippen LogP contribution in [-0.4, -0.2) is 28.5 Å². The molecule has 2 amide bonds. The number of nitrogens with zero attached hydrogens (tertiary/aromatic N) is 1. The molecule has 0 atom stereocenters. The molecule has 3 N–H and O–H groups in total. The van der Waals surface area contributed by atoms with Gasteiger partial charge < -0.3 is 5.32 Å². The van der Waals surface area contributed by atoms with Crippen LogP contribution in [0.15, 0.2) is 111 Å². The first-order valence-electron chi connectivity index (χ1n) is 11.9. The second kappa shape index (κ2) is 12.2. The van der Waals surface area contributed by atoms with E-state index in [1.807, 2.05) is 0 Å². The van der Waals surface area contributed by atoms with Crippen LogP contribution in [-0.2, 0) is 4.79 Å². The monoisotopic (exact) mass is 622 g/mol. The molecular formula is C29H17Cl3N4O4S. The normalized spacial score (nSPS) is 16.3. The van der Waals surface area contributed by atoms with Gasteiger partial charge in [-0.1, -0.05) is 46.9 Å². The van der Waals surface area contributed by atoms with Crippen LogP contribution in [0, 0.1) is 0 Å². The Morgan fingerprint density at radius 3 is 2.05 bits per heavy atom. The Hall–Kier alpha value is -4.15. The van der Waals surface area contributed by atoms with Gasteiger partial charge in [-0.2, -0.15) is 0 Å². The zero-order valence-corrected chi connectivity index (χ0v) is 23.8. The molecule has 1 aliphatic heterocycles. The molecule has 0 fully saturated rings. The number of amides is 2. The number of nitrogens with one attached hydrogen (secondary N) is 3. The number of thioether (sulfide) groups is 1. The Labute approximate surface area is 253 Å². The summed E-state index contributed by atoms with van der Waals surface area (Å²) >= 11 is 18.9. The van der Waals surface area contributed by atoms with Gasteiger partial charge in [0.2, 0.25) is 5.78 Å². The van der Waals surface area contributed by atoms with E-state index in [1.165, 1.54) is 36.4 Å². The molecule has 0 unspecified atom stereocenters. The van der Waals surface area contributed by atoms with E-state index in [9.17, 15) is 19.2 Å². The molecule has 2 aliphatic rings. The van der Waals surface area contributed by atoms with Crippen LogP contribution in [0.25, 0.3) is 0 Å². The van der Waals surface area contributed by atoms with Crippen molar-refractivity contribution in [3.8, 4) is 0 Å². The number of allylic oxidation sites excluding steroid dienone is 5. The number of amidine groups is 1. The molecule has 41 heavy (non-hydrogen) atoms. The largest absolute Gasteiger partial charge is 0.321 e. The Balaban J connectivity index is 1.23. The number of ketones is 2. The fraction of sp³-hybridized carbons (Fsp3) is 0. The van der Waals surface area contributed by atoms with E-state index in [4.69, 9.17) is 34.8 Å². The number of rotatable bonds is 5. The molecule has 5 rings (SSSR count). The first kappa shape index (κ1) is 28.4. The van der Waals surface area contributed by atoms with Crippen molar-refractivity contribution >= 4 is 80.8 Å². The predicted molar refractivity (Wildman–Crippen MR) is 161 cm³/mol. The number of halogens is 3. The first-order chi connectivity index (χ1) is 19.7. The van der Waals surface area contributed by atoms with Gasteiger partial charge in [-0.15, -0.1) is 5.10 Å². The van der Waals surface area contributed by atoms with Crippen molar-refractivity contribution in [3.63, 3.8) is 0 Å². The number of hydrazone groups is 1. The lowest BCUT2D eigenvalue weighted by atomic mass is 10.0. The third-order valence-corrected chi connectivity index (χ3v) is 7.52. The van der Waals surface area contributed by atoms with Crippen molar-refractivity contribution in [2.45, 2.75) is 0 Å². The standard InChI is InChI=1S/C29H17Cl3N4O4S/c30-18-11-9-15(10-12-18)24(37)20-3-1-2-4-23(20)33-26(39)16-5-7-17(8-6-16)27(40)34-29-36-35-28(41-29)21-13-19(31)14-22(32)25(21)38/h1-14,35H,(H,33,39)(H,34,36,40)/b28-21-. The van der Waals surface area contributed by atoms with Gasteiger partial charge in [0.15, 0.2) is 11.0 Å². The van der Waals surface area contributed by atoms with Gasteiger partial charge in [0.05, 0.1) is 16.3 Å². The summed E-state index contributed by atoms with van der Waals surface area (Å²) in [6.45, 7) is 0. The predicted octanol–water partition coefficient (Wildman–Crippen LogP) is 6.20. The number of carbonyl (C=O) groups excluding carboxylic acids is 4. The maximum absolute atomic E-state index is 13.0. The summed E-state index contributed by atoms with van der Waals surface area (Å²) in [6, 6.07) is 19.1. The molecule has 0 aromatic heterocycles. The van der Waals surface area contributed by atoms with E-state index >= 15 is 0 Å². The van der Waals surface area contributed by atoms with Crippen molar-refractivity contribution in [1.82, 2.24) is 10.7 Å². The molecule has 204 valence electrons. The molecule has 0 saturated carbocycles. The Bertz CT molecular complexity index is 1730. The fourth-order valence-electron chi connectivity index (χ4n) is 3.83. The maximum atomic E-state index is 13.0. The smallest absolute Gasteiger partial charge is 0.257 e. The van der Waals surface area contributed by atoms with Crippen molar-refractivity contribution in [3.05, 3.63) is 133 Å². The molecular weight excluding hydrogens is 607 g/mol. The topological polar surface area (TPSA) is 117 Å². The van der Waals surface area contributed by atoms with E-state index < -0.39 is 17.6 Å². The van der Waals surface area contributed by atoms with Crippen molar-refractivity contribution in [2.75, 3.05) is 5.32 Å². The quantitative estimate of drug-likeness (QED) is 0.230. The van der Waals surface area contributed by atoms with Gasteiger partial charge in [0.1, 0.15) is 5.03 Å². The average molecular weight is 624 g/mol. The van der Waals surface area contributed by atoms with E-state index in [0.717, 1.165) is 11.8 Å². The van der Waals surface area contributed by atoms with E-state index in [0.29, 0.717) is 26.9 Å². The second-order valence-corrected chi connectivity index (χ2v) is 10.9. The number of benzene rings is 3. The average Bonchev–Trinajstić information content (AvgIpc) is 3.43. The summed E-state index contributed by atoms with van der Waals surface area (Å²) in [4.78, 5) is 51.1. The minimum Gasteiger partial charge on any atom is -0.321 e. The zero-order valence-electron chi connectivity index (χ0n) is 20.7. The van der Waals surface area contributed by atoms with Gasteiger partial charge >= 0.3 is 0 Å². The minimum atomic E-state index is -0.475.